The van der Waals surface area contributed by atoms with Gasteiger partial charge in [-0.1, -0.05) is 11.6 Å². The van der Waals surface area contributed by atoms with Crippen LogP contribution in [0.5, 0.6) is 0 Å². The van der Waals surface area contributed by atoms with Crippen LogP contribution >= 0.6 is 11.6 Å². The molecule has 1 amide bonds. The number of aliphatic hydroxyl groups excluding tert-OH is 1. The molecular formula is C12H14ClNO2. The third-order valence-corrected chi connectivity index (χ3v) is 3.10. The molecule has 0 aliphatic carbocycles. The van der Waals surface area contributed by atoms with E-state index in [0.29, 0.717) is 30.1 Å². The number of nitrogens with zero attached hydrogens (tertiary/aromatic N) is 1. The molecule has 86 valence electrons. The van der Waals surface area contributed by atoms with Crippen LogP contribution in [0.1, 0.15) is 22.3 Å². The van der Waals surface area contributed by atoms with Gasteiger partial charge >= 0.3 is 0 Å². The van der Waals surface area contributed by atoms with Crippen molar-refractivity contribution < 1.29 is 9.90 Å². The normalized spacial score (nSPS) is 20.2. The van der Waals surface area contributed by atoms with E-state index in [1.54, 1.807) is 23.1 Å². The van der Waals surface area contributed by atoms with Gasteiger partial charge in [0.25, 0.3) is 5.91 Å². The van der Waals surface area contributed by atoms with Gasteiger partial charge in [0, 0.05) is 23.7 Å². The summed E-state index contributed by atoms with van der Waals surface area (Å²) in [4.78, 5) is 13.8. The molecule has 1 aliphatic heterocycles. The molecule has 1 aromatic rings. The highest BCUT2D eigenvalue weighted by molar-refractivity contribution is 6.30. The molecule has 1 N–H and O–H groups in total. The van der Waals surface area contributed by atoms with E-state index < -0.39 is 0 Å². The van der Waals surface area contributed by atoms with Crippen LogP contribution in [0, 0.1) is 6.92 Å². The summed E-state index contributed by atoms with van der Waals surface area (Å²) in [5, 5.41) is 10.0. The second-order valence-electron chi connectivity index (χ2n) is 4.15. The largest absolute Gasteiger partial charge is 0.391 e. The minimum Gasteiger partial charge on any atom is -0.391 e. The number of aryl methyl sites for hydroxylation is 1. The van der Waals surface area contributed by atoms with E-state index in [0.717, 1.165) is 5.56 Å². The first-order chi connectivity index (χ1) is 7.58. The van der Waals surface area contributed by atoms with Gasteiger partial charge in [0.15, 0.2) is 0 Å². The number of carbonyl (C=O) groups excluding carboxylic acids is 1. The average Bonchev–Trinajstić information content (AvgIpc) is 2.64. The first-order valence-corrected chi connectivity index (χ1v) is 5.69. The van der Waals surface area contributed by atoms with Gasteiger partial charge in [-0.05, 0) is 37.1 Å². The van der Waals surface area contributed by atoms with E-state index in [2.05, 4.69) is 0 Å². The van der Waals surface area contributed by atoms with Gasteiger partial charge in [-0.3, -0.25) is 4.79 Å². The maximum atomic E-state index is 12.1. The summed E-state index contributed by atoms with van der Waals surface area (Å²) in [5.41, 5.74) is 1.54. The Balaban J connectivity index is 2.21. The highest BCUT2D eigenvalue weighted by Gasteiger charge is 2.26. The zero-order chi connectivity index (χ0) is 11.7. The molecule has 3 nitrogen and oxygen atoms in total. The average molecular weight is 240 g/mol. The lowest BCUT2D eigenvalue weighted by atomic mass is 10.1. The first kappa shape index (κ1) is 11.4. The quantitative estimate of drug-likeness (QED) is 0.813. The predicted octanol–water partition coefficient (Wildman–Crippen LogP) is 1.86. The number of hydrogen-bond acceptors (Lipinski definition) is 2. The number of carbonyl (C=O) groups is 1. The molecule has 0 bridgehead atoms. The Morgan fingerprint density at radius 2 is 2.31 bits per heavy atom. The molecular weight excluding hydrogens is 226 g/mol. The van der Waals surface area contributed by atoms with Crippen molar-refractivity contribution in [1.82, 2.24) is 4.90 Å². The number of hydrogen-bond donors (Lipinski definition) is 1. The lowest BCUT2D eigenvalue weighted by Gasteiger charge is -2.16. The molecule has 0 spiro atoms. The Labute approximate surface area is 99.6 Å². The van der Waals surface area contributed by atoms with Crippen LogP contribution in [0.2, 0.25) is 5.02 Å². The van der Waals surface area contributed by atoms with Gasteiger partial charge in [-0.25, -0.2) is 0 Å². The van der Waals surface area contributed by atoms with Gasteiger partial charge in [0.05, 0.1) is 6.10 Å². The van der Waals surface area contributed by atoms with E-state index in [1.807, 2.05) is 6.92 Å². The Kier molecular flexibility index (Phi) is 3.17. The fraction of sp³-hybridized carbons (Fsp3) is 0.417. The zero-order valence-corrected chi connectivity index (χ0v) is 9.87. The maximum absolute atomic E-state index is 12.1. The van der Waals surface area contributed by atoms with Crippen molar-refractivity contribution >= 4 is 17.5 Å². The van der Waals surface area contributed by atoms with Crippen molar-refractivity contribution in [3.63, 3.8) is 0 Å². The molecule has 16 heavy (non-hydrogen) atoms. The lowest BCUT2D eigenvalue weighted by molar-refractivity contribution is 0.0764. The number of benzene rings is 1. The third kappa shape index (κ3) is 2.20. The van der Waals surface area contributed by atoms with Gasteiger partial charge < -0.3 is 10.0 Å². The van der Waals surface area contributed by atoms with Crippen molar-refractivity contribution in [3.05, 3.63) is 34.3 Å². The topological polar surface area (TPSA) is 40.5 Å². The van der Waals surface area contributed by atoms with Crippen molar-refractivity contribution in [2.24, 2.45) is 0 Å². The summed E-state index contributed by atoms with van der Waals surface area (Å²) in [6.45, 7) is 2.93. The predicted molar refractivity (Wildman–Crippen MR) is 62.7 cm³/mol. The number of aliphatic hydroxyl groups is 1. The molecule has 1 saturated heterocycles. The van der Waals surface area contributed by atoms with Crippen LogP contribution in [-0.2, 0) is 0 Å². The molecule has 0 radical (unpaired) electrons. The SMILES string of the molecule is Cc1cc(Cl)ccc1C(=O)N1CC[C@@H](O)C1. The Morgan fingerprint density at radius 3 is 2.88 bits per heavy atom. The summed E-state index contributed by atoms with van der Waals surface area (Å²) < 4.78 is 0. The lowest BCUT2D eigenvalue weighted by Crippen LogP contribution is -2.30. The fourth-order valence-corrected chi connectivity index (χ4v) is 2.19. The summed E-state index contributed by atoms with van der Waals surface area (Å²) in [5.74, 6) is -0.0225. The molecule has 4 heteroatoms. The Morgan fingerprint density at radius 1 is 1.56 bits per heavy atom. The second kappa shape index (κ2) is 4.44. The molecule has 0 aromatic heterocycles. The number of rotatable bonds is 1. The maximum Gasteiger partial charge on any atom is 0.254 e. The summed E-state index contributed by atoms with van der Waals surface area (Å²) in [6.07, 6.45) is 0.287. The van der Waals surface area contributed by atoms with Crippen molar-refractivity contribution in [2.75, 3.05) is 13.1 Å². The van der Waals surface area contributed by atoms with Crippen LogP contribution in [0.15, 0.2) is 18.2 Å². The monoisotopic (exact) mass is 239 g/mol. The van der Waals surface area contributed by atoms with E-state index in [-0.39, 0.29) is 12.0 Å². The summed E-state index contributed by atoms with van der Waals surface area (Å²) in [7, 11) is 0. The molecule has 1 heterocycles. The minimum absolute atomic E-state index is 0.0225. The minimum atomic E-state index is -0.378. The molecule has 0 saturated carbocycles. The van der Waals surface area contributed by atoms with E-state index in [1.165, 1.54) is 0 Å². The fourth-order valence-electron chi connectivity index (χ4n) is 1.96. The van der Waals surface area contributed by atoms with Crippen molar-refractivity contribution in [2.45, 2.75) is 19.4 Å². The van der Waals surface area contributed by atoms with Crippen LogP contribution in [0.4, 0.5) is 0 Å². The summed E-state index contributed by atoms with van der Waals surface area (Å²) >= 11 is 5.84. The van der Waals surface area contributed by atoms with Gasteiger partial charge in [-0.2, -0.15) is 0 Å². The van der Waals surface area contributed by atoms with Crippen molar-refractivity contribution in [3.8, 4) is 0 Å². The number of likely N-dealkylation sites (tertiary alicyclic amines) is 1. The summed E-state index contributed by atoms with van der Waals surface area (Å²) in [6, 6.07) is 5.24. The zero-order valence-electron chi connectivity index (χ0n) is 9.11. The molecule has 1 aromatic carbocycles. The Hall–Kier alpha value is -1.06. The number of amides is 1. The molecule has 2 rings (SSSR count). The van der Waals surface area contributed by atoms with E-state index in [4.69, 9.17) is 11.6 Å². The van der Waals surface area contributed by atoms with E-state index in [9.17, 15) is 9.90 Å². The second-order valence-corrected chi connectivity index (χ2v) is 4.59. The van der Waals surface area contributed by atoms with Crippen LogP contribution in [0.25, 0.3) is 0 Å². The smallest absolute Gasteiger partial charge is 0.254 e. The highest BCUT2D eigenvalue weighted by Crippen LogP contribution is 2.19. The van der Waals surface area contributed by atoms with E-state index >= 15 is 0 Å². The Bertz CT molecular complexity index is 419. The molecule has 1 atom stereocenters. The number of halogens is 1. The third-order valence-electron chi connectivity index (χ3n) is 2.87. The van der Waals surface area contributed by atoms with Gasteiger partial charge in [-0.15, -0.1) is 0 Å². The standard InChI is InChI=1S/C12H14ClNO2/c1-8-6-9(13)2-3-11(8)12(16)14-5-4-10(15)7-14/h2-3,6,10,15H,4-5,7H2,1H3/t10-/m1/s1. The molecule has 1 fully saturated rings. The molecule has 1 aliphatic rings. The van der Waals surface area contributed by atoms with Crippen LogP contribution in [-0.4, -0.2) is 35.1 Å². The molecule has 0 unspecified atom stereocenters. The first-order valence-electron chi connectivity index (χ1n) is 5.31. The van der Waals surface area contributed by atoms with Gasteiger partial charge in [0.1, 0.15) is 0 Å². The van der Waals surface area contributed by atoms with Crippen LogP contribution < -0.4 is 0 Å². The van der Waals surface area contributed by atoms with Gasteiger partial charge in [0.2, 0.25) is 0 Å². The van der Waals surface area contributed by atoms with Crippen molar-refractivity contribution in [1.29, 1.82) is 0 Å². The van der Waals surface area contributed by atoms with Crippen LogP contribution in [0.3, 0.4) is 0 Å². The highest BCUT2D eigenvalue weighted by atomic mass is 35.5. The number of β-amino-alcohol motifs (C(OH)–C–C–N with tert-alkyl or cyclic N) is 1.